The van der Waals surface area contributed by atoms with E-state index in [-0.39, 0.29) is 12.7 Å². The minimum absolute atomic E-state index is 0.0514. The van der Waals surface area contributed by atoms with Crippen LogP contribution in [-0.2, 0) is 0 Å². The quantitative estimate of drug-likeness (QED) is 0.717. The molecular formula is C11H11NO2. The van der Waals surface area contributed by atoms with Crippen molar-refractivity contribution in [3.63, 3.8) is 0 Å². The topological polar surface area (TPSA) is 42.2 Å². The van der Waals surface area contributed by atoms with Crippen LogP contribution in [-0.4, -0.2) is 6.79 Å². The van der Waals surface area contributed by atoms with Crippen molar-refractivity contribution in [3.8, 4) is 17.6 Å². The molecule has 1 heterocycles. The first kappa shape index (κ1) is 8.89. The highest BCUT2D eigenvalue weighted by Crippen LogP contribution is 2.35. The molecular weight excluding hydrogens is 178 g/mol. The van der Waals surface area contributed by atoms with Crippen LogP contribution in [0.2, 0.25) is 0 Å². The molecule has 0 amide bonds. The summed E-state index contributed by atoms with van der Waals surface area (Å²) in [7, 11) is 0. The summed E-state index contributed by atoms with van der Waals surface area (Å²) in [5.41, 5.74) is 0.999. The molecule has 1 aromatic carbocycles. The van der Waals surface area contributed by atoms with E-state index in [1.165, 1.54) is 0 Å². The van der Waals surface area contributed by atoms with Crippen molar-refractivity contribution in [2.24, 2.45) is 0 Å². The lowest BCUT2D eigenvalue weighted by molar-refractivity contribution is 0.174. The van der Waals surface area contributed by atoms with Gasteiger partial charge in [0.2, 0.25) is 6.79 Å². The summed E-state index contributed by atoms with van der Waals surface area (Å²) in [6.45, 7) is 2.28. The van der Waals surface area contributed by atoms with Crippen molar-refractivity contribution >= 4 is 0 Å². The smallest absolute Gasteiger partial charge is 0.231 e. The van der Waals surface area contributed by atoms with Crippen LogP contribution in [0.5, 0.6) is 11.5 Å². The van der Waals surface area contributed by atoms with Gasteiger partial charge in [-0.3, -0.25) is 0 Å². The van der Waals surface area contributed by atoms with Crippen LogP contribution in [0.15, 0.2) is 18.2 Å². The van der Waals surface area contributed by atoms with E-state index in [0.717, 1.165) is 23.5 Å². The van der Waals surface area contributed by atoms with Crippen molar-refractivity contribution in [1.29, 1.82) is 5.26 Å². The van der Waals surface area contributed by atoms with Crippen LogP contribution >= 0.6 is 0 Å². The van der Waals surface area contributed by atoms with Crippen LogP contribution in [0.25, 0.3) is 0 Å². The molecule has 0 saturated heterocycles. The van der Waals surface area contributed by atoms with Crippen molar-refractivity contribution < 1.29 is 9.47 Å². The van der Waals surface area contributed by atoms with Crippen molar-refractivity contribution in [3.05, 3.63) is 23.8 Å². The third-order valence-corrected chi connectivity index (χ3v) is 2.36. The van der Waals surface area contributed by atoms with Crippen molar-refractivity contribution in [1.82, 2.24) is 0 Å². The number of nitriles is 1. The average Bonchev–Trinajstić information content (AvgIpc) is 2.66. The third kappa shape index (κ3) is 1.39. The Hall–Kier alpha value is -1.69. The van der Waals surface area contributed by atoms with Gasteiger partial charge < -0.3 is 9.47 Å². The number of fused-ring (bicyclic) bond motifs is 1. The van der Waals surface area contributed by atoms with E-state index >= 15 is 0 Å². The van der Waals surface area contributed by atoms with Gasteiger partial charge in [0.15, 0.2) is 11.5 Å². The van der Waals surface area contributed by atoms with Gasteiger partial charge in [-0.1, -0.05) is 13.0 Å². The van der Waals surface area contributed by atoms with Crippen LogP contribution in [0.1, 0.15) is 24.8 Å². The van der Waals surface area contributed by atoms with Gasteiger partial charge in [-0.05, 0) is 24.1 Å². The Kier molecular flexibility index (Phi) is 2.28. The largest absolute Gasteiger partial charge is 0.454 e. The molecule has 0 aromatic heterocycles. The molecule has 0 saturated carbocycles. The number of benzene rings is 1. The molecule has 1 aromatic rings. The summed E-state index contributed by atoms with van der Waals surface area (Å²) in [4.78, 5) is 0. The first-order valence-corrected chi connectivity index (χ1v) is 4.64. The fourth-order valence-electron chi connectivity index (χ4n) is 1.53. The second-order valence-electron chi connectivity index (χ2n) is 3.20. The van der Waals surface area contributed by atoms with Gasteiger partial charge in [-0.15, -0.1) is 0 Å². The van der Waals surface area contributed by atoms with E-state index in [0.29, 0.717) is 0 Å². The zero-order valence-corrected chi connectivity index (χ0v) is 7.99. The summed E-state index contributed by atoms with van der Waals surface area (Å²) < 4.78 is 10.4. The minimum atomic E-state index is -0.0514. The molecule has 14 heavy (non-hydrogen) atoms. The maximum Gasteiger partial charge on any atom is 0.231 e. The predicted molar refractivity (Wildman–Crippen MR) is 51.2 cm³/mol. The highest BCUT2D eigenvalue weighted by molar-refractivity contribution is 5.46. The molecule has 1 atom stereocenters. The molecule has 0 bridgehead atoms. The monoisotopic (exact) mass is 189 g/mol. The Balaban J connectivity index is 2.33. The SMILES string of the molecule is CCC(C#N)c1ccc2c(c1)OCO2. The van der Waals surface area contributed by atoms with Crippen LogP contribution < -0.4 is 9.47 Å². The Morgan fingerprint density at radius 2 is 2.21 bits per heavy atom. The fourth-order valence-corrected chi connectivity index (χ4v) is 1.53. The highest BCUT2D eigenvalue weighted by Gasteiger charge is 2.16. The minimum Gasteiger partial charge on any atom is -0.454 e. The van der Waals surface area contributed by atoms with Gasteiger partial charge in [0.05, 0.1) is 12.0 Å². The summed E-state index contributed by atoms with van der Waals surface area (Å²) in [5, 5.41) is 8.91. The van der Waals surface area contributed by atoms with Gasteiger partial charge in [0, 0.05) is 0 Å². The standard InChI is InChI=1S/C11H11NO2/c1-2-8(6-12)9-3-4-10-11(5-9)14-7-13-10/h3-5,8H,2,7H2,1H3. The van der Waals surface area contributed by atoms with E-state index in [9.17, 15) is 0 Å². The fraction of sp³-hybridized carbons (Fsp3) is 0.364. The Morgan fingerprint density at radius 1 is 1.43 bits per heavy atom. The lowest BCUT2D eigenvalue weighted by Gasteiger charge is -2.06. The highest BCUT2D eigenvalue weighted by atomic mass is 16.7. The van der Waals surface area contributed by atoms with E-state index in [1.807, 2.05) is 25.1 Å². The molecule has 1 aliphatic heterocycles. The molecule has 0 N–H and O–H groups in total. The van der Waals surface area contributed by atoms with E-state index in [2.05, 4.69) is 6.07 Å². The zero-order valence-electron chi connectivity index (χ0n) is 7.99. The van der Waals surface area contributed by atoms with Gasteiger partial charge >= 0.3 is 0 Å². The summed E-state index contributed by atoms with van der Waals surface area (Å²) >= 11 is 0. The normalized spacial score (nSPS) is 14.9. The molecule has 0 fully saturated rings. The lowest BCUT2D eigenvalue weighted by atomic mass is 9.98. The second kappa shape index (κ2) is 3.59. The first-order valence-electron chi connectivity index (χ1n) is 4.64. The number of hydrogen-bond acceptors (Lipinski definition) is 3. The Bertz CT molecular complexity index is 381. The molecule has 0 aliphatic carbocycles. The maximum atomic E-state index is 8.91. The van der Waals surface area contributed by atoms with Crippen LogP contribution in [0.4, 0.5) is 0 Å². The Labute approximate surface area is 82.9 Å². The van der Waals surface area contributed by atoms with E-state index in [4.69, 9.17) is 14.7 Å². The molecule has 1 aliphatic rings. The Morgan fingerprint density at radius 3 is 2.93 bits per heavy atom. The summed E-state index contributed by atoms with van der Waals surface area (Å²) in [6, 6.07) is 7.93. The molecule has 72 valence electrons. The van der Waals surface area contributed by atoms with Crippen LogP contribution in [0, 0.1) is 11.3 Å². The number of ether oxygens (including phenoxy) is 2. The van der Waals surface area contributed by atoms with E-state index < -0.39 is 0 Å². The first-order chi connectivity index (χ1) is 6.85. The number of hydrogen-bond donors (Lipinski definition) is 0. The van der Waals surface area contributed by atoms with Crippen molar-refractivity contribution in [2.45, 2.75) is 19.3 Å². The molecule has 1 unspecified atom stereocenters. The zero-order chi connectivity index (χ0) is 9.97. The lowest BCUT2D eigenvalue weighted by Crippen LogP contribution is -1.94. The van der Waals surface area contributed by atoms with Gasteiger partial charge in [-0.2, -0.15) is 5.26 Å². The van der Waals surface area contributed by atoms with E-state index in [1.54, 1.807) is 0 Å². The van der Waals surface area contributed by atoms with Gasteiger partial charge in [0.1, 0.15) is 0 Å². The predicted octanol–water partition coefficient (Wildman–Crippen LogP) is 2.43. The second-order valence-corrected chi connectivity index (χ2v) is 3.20. The van der Waals surface area contributed by atoms with Crippen LogP contribution in [0.3, 0.4) is 0 Å². The maximum absolute atomic E-state index is 8.91. The number of nitrogens with zero attached hydrogens (tertiary/aromatic N) is 1. The molecule has 3 heteroatoms. The van der Waals surface area contributed by atoms with Gasteiger partial charge in [0.25, 0.3) is 0 Å². The summed E-state index contributed by atoms with van der Waals surface area (Å²) in [6.07, 6.45) is 0.816. The number of rotatable bonds is 2. The van der Waals surface area contributed by atoms with Gasteiger partial charge in [-0.25, -0.2) is 0 Å². The molecule has 2 rings (SSSR count). The average molecular weight is 189 g/mol. The molecule has 0 radical (unpaired) electrons. The summed E-state index contributed by atoms with van der Waals surface area (Å²) in [5.74, 6) is 1.46. The third-order valence-electron chi connectivity index (χ3n) is 2.36. The molecule has 3 nitrogen and oxygen atoms in total. The van der Waals surface area contributed by atoms with Crippen molar-refractivity contribution in [2.75, 3.05) is 6.79 Å². The molecule has 0 spiro atoms.